The smallest absolute Gasteiger partial charge is 0.211 e. The number of nitrogens with two attached hydrogens (primary N) is 1. The van der Waals surface area contributed by atoms with Crippen molar-refractivity contribution in [1.29, 1.82) is 0 Å². The van der Waals surface area contributed by atoms with Crippen LogP contribution in [0.2, 0.25) is 0 Å². The molecule has 1 aliphatic heterocycles. The normalized spacial score (nSPS) is 21.6. The topological polar surface area (TPSA) is 72.6 Å². The van der Waals surface area contributed by atoms with E-state index in [2.05, 4.69) is 0 Å². The van der Waals surface area contributed by atoms with Gasteiger partial charge in [0.25, 0.3) is 0 Å². The van der Waals surface area contributed by atoms with Crippen LogP contribution in [0.15, 0.2) is 24.3 Å². The highest BCUT2D eigenvalue weighted by molar-refractivity contribution is 7.88. The molecule has 5 nitrogen and oxygen atoms in total. The first kappa shape index (κ1) is 12.2. The Morgan fingerprint density at radius 3 is 2.53 bits per heavy atom. The lowest BCUT2D eigenvalue weighted by Crippen LogP contribution is -2.29. The molecule has 1 unspecified atom stereocenters. The number of nitrogen functional groups attached to an aromatic ring is 1. The van der Waals surface area contributed by atoms with Crippen LogP contribution in [0.1, 0.15) is 6.42 Å². The summed E-state index contributed by atoms with van der Waals surface area (Å²) in [7, 11) is -3.10. The maximum absolute atomic E-state index is 11.3. The minimum absolute atomic E-state index is 0.0756. The number of rotatable bonds is 3. The van der Waals surface area contributed by atoms with Gasteiger partial charge >= 0.3 is 0 Å². The minimum atomic E-state index is -3.10. The molecule has 0 amide bonds. The number of hydrogen-bond acceptors (Lipinski definition) is 4. The van der Waals surface area contributed by atoms with Crippen LogP contribution < -0.4 is 10.5 Å². The van der Waals surface area contributed by atoms with E-state index in [4.69, 9.17) is 10.5 Å². The zero-order chi connectivity index (χ0) is 12.5. The highest BCUT2D eigenvalue weighted by atomic mass is 32.2. The van der Waals surface area contributed by atoms with Crippen molar-refractivity contribution < 1.29 is 13.2 Å². The Bertz CT molecular complexity index is 484. The number of nitrogens with zero attached hydrogens (tertiary/aromatic N) is 1. The van der Waals surface area contributed by atoms with Crippen LogP contribution in [0, 0.1) is 0 Å². The second-order valence-electron chi connectivity index (χ2n) is 4.22. The van der Waals surface area contributed by atoms with Gasteiger partial charge in [0.05, 0.1) is 12.8 Å². The van der Waals surface area contributed by atoms with Gasteiger partial charge in [0.1, 0.15) is 11.9 Å². The molecule has 94 valence electrons. The number of sulfonamides is 1. The first-order valence-electron chi connectivity index (χ1n) is 5.42. The van der Waals surface area contributed by atoms with Gasteiger partial charge in [0, 0.05) is 12.2 Å². The monoisotopic (exact) mass is 256 g/mol. The molecule has 0 saturated carbocycles. The van der Waals surface area contributed by atoms with E-state index >= 15 is 0 Å². The van der Waals surface area contributed by atoms with Gasteiger partial charge in [0.2, 0.25) is 10.0 Å². The molecule has 0 aliphatic carbocycles. The fourth-order valence-electron chi connectivity index (χ4n) is 1.83. The summed E-state index contributed by atoms with van der Waals surface area (Å²) in [5.74, 6) is 0.722. The lowest BCUT2D eigenvalue weighted by atomic mass is 10.3. The summed E-state index contributed by atoms with van der Waals surface area (Å²) in [4.78, 5) is 0. The van der Waals surface area contributed by atoms with Crippen LogP contribution in [-0.4, -0.2) is 38.2 Å². The third kappa shape index (κ3) is 3.10. The molecule has 1 heterocycles. The van der Waals surface area contributed by atoms with Crippen molar-refractivity contribution in [2.45, 2.75) is 12.5 Å². The van der Waals surface area contributed by atoms with Crippen molar-refractivity contribution in [3.05, 3.63) is 24.3 Å². The lowest BCUT2D eigenvalue weighted by Gasteiger charge is -2.15. The van der Waals surface area contributed by atoms with Crippen LogP contribution in [0.4, 0.5) is 5.69 Å². The van der Waals surface area contributed by atoms with Gasteiger partial charge in [-0.2, -0.15) is 4.31 Å². The molecule has 0 aromatic heterocycles. The molecule has 0 radical (unpaired) electrons. The largest absolute Gasteiger partial charge is 0.489 e. The summed E-state index contributed by atoms with van der Waals surface area (Å²) >= 11 is 0. The fourth-order valence-corrected chi connectivity index (χ4v) is 2.71. The average molecular weight is 256 g/mol. The lowest BCUT2D eigenvalue weighted by molar-refractivity contribution is 0.215. The van der Waals surface area contributed by atoms with Gasteiger partial charge in [-0.25, -0.2) is 8.42 Å². The Hall–Kier alpha value is -1.27. The quantitative estimate of drug-likeness (QED) is 0.807. The molecule has 2 N–H and O–H groups in total. The summed E-state index contributed by atoms with van der Waals surface area (Å²) in [5.41, 5.74) is 6.25. The van der Waals surface area contributed by atoms with Crippen molar-refractivity contribution >= 4 is 15.7 Å². The maximum Gasteiger partial charge on any atom is 0.211 e. The highest BCUT2D eigenvalue weighted by Crippen LogP contribution is 2.20. The first-order valence-corrected chi connectivity index (χ1v) is 7.27. The molecule has 1 atom stereocenters. The van der Waals surface area contributed by atoms with Gasteiger partial charge in [0.15, 0.2) is 0 Å². The van der Waals surface area contributed by atoms with Crippen LogP contribution >= 0.6 is 0 Å². The number of ether oxygens (including phenoxy) is 1. The van der Waals surface area contributed by atoms with Crippen molar-refractivity contribution in [3.63, 3.8) is 0 Å². The highest BCUT2D eigenvalue weighted by Gasteiger charge is 2.29. The van der Waals surface area contributed by atoms with Gasteiger partial charge in [-0.3, -0.25) is 0 Å². The third-order valence-corrected chi connectivity index (χ3v) is 4.03. The molecule has 0 spiro atoms. The van der Waals surface area contributed by atoms with Crippen molar-refractivity contribution in [1.82, 2.24) is 4.31 Å². The molecule has 0 bridgehead atoms. The van der Waals surface area contributed by atoms with Crippen molar-refractivity contribution in [2.75, 3.05) is 25.1 Å². The van der Waals surface area contributed by atoms with E-state index in [0.29, 0.717) is 18.8 Å². The fraction of sp³-hybridized carbons (Fsp3) is 0.455. The molecule has 1 saturated heterocycles. The third-order valence-electron chi connectivity index (χ3n) is 2.76. The van der Waals surface area contributed by atoms with Crippen LogP contribution in [0.5, 0.6) is 5.75 Å². The second-order valence-corrected chi connectivity index (χ2v) is 6.20. The van der Waals surface area contributed by atoms with E-state index in [1.54, 1.807) is 24.3 Å². The molecule has 1 aliphatic rings. The minimum Gasteiger partial charge on any atom is -0.489 e. The summed E-state index contributed by atoms with van der Waals surface area (Å²) in [5, 5.41) is 0. The van der Waals surface area contributed by atoms with Gasteiger partial charge in [-0.05, 0) is 30.7 Å². The Kier molecular flexibility index (Phi) is 3.26. The zero-order valence-corrected chi connectivity index (χ0v) is 10.5. The van der Waals surface area contributed by atoms with Crippen LogP contribution in [0.25, 0.3) is 0 Å². The van der Waals surface area contributed by atoms with E-state index in [1.807, 2.05) is 0 Å². The molecule has 1 aromatic rings. The van der Waals surface area contributed by atoms with Crippen LogP contribution in [0.3, 0.4) is 0 Å². The Balaban J connectivity index is 1.96. The standard InChI is InChI=1S/C11H16N2O3S/c1-17(14,15)13-7-6-11(8-13)16-10-4-2-9(12)3-5-10/h2-5,11H,6-8,12H2,1H3. The zero-order valence-electron chi connectivity index (χ0n) is 9.67. The Labute approximate surface area is 101 Å². The predicted octanol–water partition coefficient (Wildman–Crippen LogP) is 0.681. The number of benzene rings is 1. The maximum atomic E-state index is 11.3. The van der Waals surface area contributed by atoms with Crippen molar-refractivity contribution in [3.8, 4) is 5.75 Å². The summed E-state index contributed by atoms with van der Waals surface area (Å²) in [6.07, 6.45) is 1.86. The predicted molar refractivity (Wildman–Crippen MR) is 66.3 cm³/mol. The van der Waals surface area contributed by atoms with E-state index < -0.39 is 10.0 Å². The second kappa shape index (κ2) is 4.54. The SMILES string of the molecule is CS(=O)(=O)N1CCC(Oc2ccc(N)cc2)C1. The summed E-state index contributed by atoms with van der Waals surface area (Å²) in [6, 6.07) is 7.11. The average Bonchev–Trinajstić information content (AvgIpc) is 2.69. The van der Waals surface area contributed by atoms with Crippen molar-refractivity contribution in [2.24, 2.45) is 0 Å². The molecule has 1 aromatic carbocycles. The first-order chi connectivity index (χ1) is 7.95. The van der Waals surface area contributed by atoms with Gasteiger partial charge < -0.3 is 10.5 Å². The van der Waals surface area contributed by atoms with E-state index in [0.717, 1.165) is 12.2 Å². The Morgan fingerprint density at radius 1 is 1.35 bits per heavy atom. The van der Waals surface area contributed by atoms with Gasteiger partial charge in [-0.1, -0.05) is 0 Å². The molecule has 1 fully saturated rings. The van der Waals surface area contributed by atoms with E-state index in [9.17, 15) is 8.42 Å². The van der Waals surface area contributed by atoms with E-state index in [-0.39, 0.29) is 6.10 Å². The molecule has 17 heavy (non-hydrogen) atoms. The Morgan fingerprint density at radius 2 is 2.00 bits per heavy atom. The van der Waals surface area contributed by atoms with Gasteiger partial charge in [-0.15, -0.1) is 0 Å². The summed E-state index contributed by atoms with van der Waals surface area (Å²) in [6.45, 7) is 0.946. The van der Waals surface area contributed by atoms with Crippen LogP contribution in [-0.2, 0) is 10.0 Å². The molecular formula is C11H16N2O3S. The number of anilines is 1. The molecular weight excluding hydrogens is 240 g/mol. The summed E-state index contributed by atoms with van der Waals surface area (Å²) < 4.78 is 29.8. The van der Waals surface area contributed by atoms with E-state index in [1.165, 1.54) is 10.6 Å². The molecule has 6 heteroatoms. The molecule has 2 rings (SSSR count). The number of hydrogen-bond donors (Lipinski definition) is 1.